The molecule has 0 aliphatic carbocycles. The topological polar surface area (TPSA) is 52.6 Å². The van der Waals surface area contributed by atoms with E-state index in [0.717, 1.165) is 16.8 Å². The molecule has 0 bridgehead atoms. The molecule has 0 aliphatic rings. The maximum Gasteiger partial charge on any atom is 0.238 e. The van der Waals surface area contributed by atoms with Crippen LogP contribution in [0.25, 0.3) is 0 Å². The molecule has 1 atom stereocenters. The molecule has 2 N–H and O–H groups in total. The van der Waals surface area contributed by atoms with Gasteiger partial charge >= 0.3 is 0 Å². The molecule has 20 heavy (non-hydrogen) atoms. The highest BCUT2D eigenvalue weighted by atomic mass is 16.3. The Hall–Kier alpha value is -1.39. The number of likely N-dealkylation sites (N-methyl/N-ethyl adjacent to an activating group) is 1. The minimum absolute atomic E-state index is 0.0258. The van der Waals surface area contributed by atoms with Crippen molar-refractivity contribution in [3.63, 3.8) is 0 Å². The number of carbonyl (C=O) groups is 1. The van der Waals surface area contributed by atoms with Gasteiger partial charge in [-0.15, -0.1) is 0 Å². The number of para-hydroxylation sites is 1. The van der Waals surface area contributed by atoms with Gasteiger partial charge in [0.1, 0.15) is 0 Å². The number of rotatable bonds is 6. The number of hydrogen-bond acceptors (Lipinski definition) is 3. The Balaban J connectivity index is 2.81. The molecular weight excluding hydrogens is 252 g/mol. The van der Waals surface area contributed by atoms with Gasteiger partial charge in [0.15, 0.2) is 0 Å². The van der Waals surface area contributed by atoms with Crippen LogP contribution in [-0.4, -0.2) is 42.2 Å². The monoisotopic (exact) mass is 278 g/mol. The molecule has 0 heterocycles. The van der Waals surface area contributed by atoms with Crippen LogP contribution < -0.4 is 5.32 Å². The van der Waals surface area contributed by atoms with Crippen LogP contribution in [0, 0.1) is 6.92 Å². The van der Waals surface area contributed by atoms with E-state index in [1.54, 1.807) is 0 Å². The second-order valence-corrected chi connectivity index (χ2v) is 5.69. The highest BCUT2D eigenvalue weighted by Gasteiger charge is 2.15. The second kappa shape index (κ2) is 7.41. The van der Waals surface area contributed by atoms with Gasteiger partial charge in [0.2, 0.25) is 5.91 Å². The van der Waals surface area contributed by atoms with Gasteiger partial charge in [-0.1, -0.05) is 32.0 Å². The molecule has 0 aliphatic heterocycles. The summed E-state index contributed by atoms with van der Waals surface area (Å²) in [5.41, 5.74) is 3.14. The van der Waals surface area contributed by atoms with Gasteiger partial charge in [-0.05, 0) is 37.9 Å². The first kappa shape index (κ1) is 16.7. The zero-order chi connectivity index (χ0) is 15.3. The van der Waals surface area contributed by atoms with Crippen LogP contribution in [0.15, 0.2) is 18.2 Å². The van der Waals surface area contributed by atoms with E-state index >= 15 is 0 Å². The number of hydrogen-bond donors (Lipinski definition) is 2. The van der Waals surface area contributed by atoms with Crippen molar-refractivity contribution in [3.8, 4) is 0 Å². The maximum atomic E-state index is 12.1. The number of carbonyl (C=O) groups excluding carboxylic acids is 1. The lowest BCUT2D eigenvalue weighted by atomic mass is 9.98. The molecule has 4 heteroatoms. The molecular formula is C16H26N2O2. The molecule has 4 nitrogen and oxygen atoms in total. The highest BCUT2D eigenvalue weighted by molar-refractivity contribution is 5.93. The Labute approximate surface area is 121 Å². The number of nitrogens with zero attached hydrogens (tertiary/aromatic N) is 1. The largest absolute Gasteiger partial charge is 0.395 e. The number of amides is 1. The SMILES string of the molecule is Cc1cccc(C(C)C)c1NC(=O)CN(C)C(C)CO. The molecule has 1 amide bonds. The summed E-state index contributed by atoms with van der Waals surface area (Å²) in [5.74, 6) is 0.309. The molecule has 1 rings (SSSR count). The van der Waals surface area contributed by atoms with Crippen LogP contribution in [0.1, 0.15) is 37.8 Å². The molecule has 112 valence electrons. The number of aliphatic hydroxyl groups is 1. The fraction of sp³-hybridized carbons (Fsp3) is 0.562. The lowest BCUT2D eigenvalue weighted by molar-refractivity contribution is -0.117. The first-order chi connectivity index (χ1) is 9.36. The maximum absolute atomic E-state index is 12.1. The normalized spacial score (nSPS) is 12.8. The summed E-state index contributed by atoms with van der Waals surface area (Å²) in [5, 5.41) is 12.1. The van der Waals surface area contributed by atoms with E-state index in [4.69, 9.17) is 5.11 Å². The summed E-state index contributed by atoms with van der Waals surface area (Å²) >= 11 is 0. The molecule has 0 saturated carbocycles. The lowest BCUT2D eigenvalue weighted by Crippen LogP contribution is -2.38. The fourth-order valence-corrected chi connectivity index (χ4v) is 2.04. The van der Waals surface area contributed by atoms with Gasteiger partial charge in [0.05, 0.1) is 13.2 Å². The highest BCUT2D eigenvalue weighted by Crippen LogP contribution is 2.27. The Morgan fingerprint density at radius 1 is 1.35 bits per heavy atom. The number of aryl methyl sites for hydroxylation is 1. The van der Waals surface area contributed by atoms with E-state index in [1.165, 1.54) is 0 Å². The number of aliphatic hydroxyl groups excluding tert-OH is 1. The van der Waals surface area contributed by atoms with Crippen LogP contribution in [-0.2, 0) is 4.79 Å². The van der Waals surface area contributed by atoms with Crippen molar-refractivity contribution in [2.45, 2.75) is 39.7 Å². The third-order valence-electron chi connectivity index (χ3n) is 3.60. The summed E-state index contributed by atoms with van der Waals surface area (Å²) in [7, 11) is 1.83. The van der Waals surface area contributed by atoms with E-state index in [9.17, 15) is 4.79 Å². The fourth-order valence-electron chi connectivity index (χ4n) is 2.04. The van der Waals surface area contributed by atoms with Crippen LogP contribution in [0.5, 0.6) is 0 Å². The van der Waals surface area contributed by atoms with E-state index in [-0.39, 0.29) is 25.1 Å². The predicted molar refractivity (Wildman–Crippen MR) is 83.1 cm³/mol. The summed E-state index contributed by atoms with van der Waals surface area (Å²) < 4.78 is 0. The van der Waals surface area contributed by atoms with Crippen molar-refractivity contribution in [2.24, 2.45) is 0 Å². The van der Waals surface area contributed by atoms with Gasteiger partial charge in [-0.25, -0.2) is 0 Å². The smallest absolute Gasteiger partial charge is 0.238 e. The van der Waals surface area contributed by atoms with E-state index < -0.39 is 0 Å². The van der Waals surface area contributed by atoms with E-state index in [1.807, 2.05) is 44.0 Å². The molecule has 0 spiro atoms. The summed E-state index contributed by atoms with van der Waals surface area (Å²) in [6, 6.07) is 6.04. The second-order valence-electron chi connectivity index (χ2n) is 5.69. The number of benzene rings is 1. The minimum Gasteiger partial charge on any atom is -0.395 e. The third-order valence-corrected chi connectivity index (χ3v) is 3.60. The zero-order valence-electron chi connectivity index (χ0n) is 13.1. The van der Waals surface area contributed by atoms with Crippen LogP contribution in [0.4, 0.5) is 5.69 Å². The lowest BCUT2D eigenvalue weighted by Gasteiger charge is -2.23. The molecule has 0 radical (unpaired) electrons. The van der Waals surface area contributed by atoms with Crippen LogP contribution in [0.2, 0.25) is 0 Å². The average Bonchev–Trinajstić information content (AvgIpc) is 2.39. The standard InChI is InChI=1S/C16H26N2O2/c1-11(2)14-8-6-7-12(3)16(14)17-15(20)9-18(5)13(4)10-19/h6-8,11,13,19H,9-10H2,1-5H3,(H,17,20). The predicted octanol–water partition coefficient (Wildman–Crippen LogP) is 2.37. The van der Waals surface area contributed by atoms with E-state index in [0.29, 0.717) is 5.92 Å². The average molecular weight is 278 g/mol. The van der Waals surface area contributed by atoms with Gasteiger partial charge < -0.3 is 10.4 Å². The molecule has 1 unspecified atom stereocenters. The van der Waals surface area contributed by atoms with Crippen molar-refractivity contribution in [3.05, 3.63) is 29.3 Å². The zero-order valence-corrected chi connectivity index (χ0v) is 13.1. The van der Waals surface area contributed by atoms with Crippen molar-refractivity contribution in [2.75, 3.05) is 25.5 Å². The number of nitrogens with one attached hydrogen (secondary N) is 1. The Bertz CT molecular complexity index is 458. The molecule has 1 aromatic carbocycles. The summed E-state index contributed by atoms with van der Waals surface area (Å²) in [6.45, 7) is 8.44. The quantitative estimate of drug-likeness (QED) is 0.840. The van der Waals surface area contributed by atoms with Crippen molar-refractivity contribution < 1.29 is 9.90 Å². The van der Waals surface area contributed by atoms with Crippen molar-refractivity contribution in [1.29, 1.82) is 0 Å². The number of anilines is 1. The van der Waals surface area contributed by atoms with Crippen molar-refractivity contribution in [1.82, 2.24) is 4.90 Å². The molecule has 0 saturated heterocycles. The first-order valence-electron chi connectivity index (χ1n) is 7.07. The van der Waals surface area contributed by atoms with Gasteiger partial charge in [-0.3, -0.25) is 9.69 Å². The van der Waals surface area contributed by atoms with Gasteiger partial charge in [0, 0.05) is 11.7 Å². The Kier molecular flexibility index (Phi) is 6.17. The minimum atomic E-state index is -0.0519. The first-order valence-corrected chi connectivity index (χ1v) is 7.07. The Morgan fingerprint density at radius 2 is 2.00 bits per heavy atom. The van der Waals surface area contributed by atoms with Gasteiger partial charge in [-0.2, -0.15) is 0 Å². The third kappa shape index (κ3) is 4.32. The summed E-state index contributed by atoms with van der Waals surface area (Å²) in [4.78, 5) is 14.0. The van der Waals surface area contributed by atoms with Crippen molar-refractivity contribution >= 4 is 11.6 Å². The molecule has 0 aromatic heterocycles. The van der Waals surface area contributed by atoms with Gasteiger partial charge in [0.25, 0.3) is 0 Å². The van der Waals surface area contributed by atoms with Crippen LogP contribution >= 0.6 is 0 Å². The molecule has 0 fully saturated rings. The Morgan fingerprint density at radius 3 is 2.55 bits per heavy atom. The summed E-state index contributed by atoms with van der Waals surface area (Å²) in [6.07, 6.45) is 0. The van der Waals surface area contributed by atoms with Crippen LogP contribution in [0.3, 0.4) is 0 Å². The van der Waals surface area contributed by atoms with E-state index in [2.05, 4.69) is 19.2 Å². The molecule has 1 aromatic rings.